The molecule has 2 aliphatic rings. The summed E-state index contributed by atoms with van der Waals surface area (Å²) < 4.78 is 6.83. The van der Waals surface area contributed by atoms with Gasteiger partial charge in [0.2, 0.25) is 0 Å². The summed E-state index contributed by atoms with van der Waals surface area (Å²) in [5, 5.41) is 2.31. The van der Waals surface area contributed by atoms with Crippen LogP contribution in [0.1, 0.15) is 22.3 Å². The van der Waals surface area contributed by atoms with Crippen LogP contribution in [0.4, 0.5) is 17.1 Å². The lowest BCUT2D eigenvalue weighted by Crippen LogP contribution is -2.32. The highest BCUT2D eigenvalue weighted by Gasteiger charge is 2.51. The first-order valence-corrected chi connectivity index (χ1v) is 16.9. The van der Waals surface area contributed by atoms with E-state index in [1.54, 1.807) is 0 Å². The second kappa shape index (κ2) is 10.8. The van der Waals surface area contributed by atoms with Gasteiger partial charge in [-0.15, -0.1) is 0 Å². The van der Waals surface area contributed by atoms with E-state index in [9.17, 15) is 0 Å². The molecule has 1 aliphatic heterocycles. The molecule has 0 N–H and O–H groups in total. The maximum Gasteiger partial charge on any atom is 0.140 e. The second-order valence-electron chi connectivity index (χ2n) is 12.9. The van der Waals surface area contributed by atoms with Gasteiger partial charge in [-0.25, -0.2) is 0 Å². The SMILES string of the molecule is c1ccc(N(c2ccccc2)c2ccc(-c3ccc4c(c3)C3(c5ccccc5Oc5c3ccc3ccccc53)c3ccccc3-4)cc2)cc1. The number of rotatable bonds is 4. The predicted octanol–water partition coefficient (Wildman–Crippen LogP) is 12.4. The number of para-hydroxylation sites is 3. The summed E-state index contributed by atoms with van der Waals surface area (Å²) in [7, 11) is 0. The third kappa shape index (κ3) is 4.07. The van der Waals surface area contributed by atoms with Crippen molar-refractivity contribution in [3.8, 4) is 33.8 Å². The lowest BCUT2D eigenvalue weighted by Gasteiger charge is -2.40. The van der Waals surface area contributed by atoms with Crippen LogP contribution in [-0.4, -0.2) is 0 Å². The third-order valence-corrected chi connectivity index (χ3v) is 10.3. The molecular weight excluding hydrogens is 595 g/mol. The molecule has 0 amide bonds. The highest BCUT2D eigenvalue weighted by atomic mass is 16.5. The summed E-state index contributed by atoms with van der Waals surface area (Å²) in [4.78, 5) is 2.30. The van der Waals surface area contributed by atoms with Crippen molar-refractivity contribution in [2.45, 2.75) is 5.41 Å². The number of hydrogen-bond acceptors (Lipinski definition) is 2. The molecule has 0 fully saturated rings. The zero-order chi connectivity index (χ0) is 32.4. The van der Waals surface area contributed by atoms with Crippen molar-refractivity contribution in [2.24, 2.45) is 0 Å². The van der Waals surface area contributed by atoms with Gasteiger partial charge in [0, 0.05) is 33.6 Å². The first kappa shape index (κ1) is 27.7. The van der Waals surface area contributed by atoms with Crippen LogP contribution in [0.25, 0.3) is 33.0 Å². The van der Waals surface area contributed by atoms with E-state index >= 15 is 0 Å². The van der Waals surface area contributed by atoms with Crippen molar-refractivity contribution in [3.05, 3.63) is 210 Å². The normalized spacial score (nSPS) is 15.2. The minimum Gasteiger partial charge on any atom is -0.456 e. The van der Waals surface area contributed by atoms with Gasteiger partial charge in [0.1, 0.15) is 11.5 Å². The first-order chi connectivity index (χ1) is 24.3. The number of anilines is 3. The van der Waals surface area contributed by atoms with Crippen molar-refractivity contribution in [1.29, 1.82) is 0 Å². The van der Waals surface area contributed by atoms with Gasteiger partial charge in [-0.1, -0.05) is 140 Å². The first-order valence-electron chi connectivity index (χ1n) is 16.9. The molecule has 10 rings (SSSR count). The van der Waals surface area contributed by atoms with Crippen molar-refractivity contribution in [2.75, 3.05) is 4.90 Å². The lowest BCUT2D eigenvalue weighted by atomic mass is 9.65. The summed E-state index contributed by atoms with van der Waals surface area (Å²) in [6.07, 6.45) is 0. The van der Waals surface area contributed by atoms with Crippen LogP contribution >= 0.6 is 0 Å². The zero-order valence-electron chi connectivity index (χ0n) is 26.8. The molecule has 0 saturated heterocycles. The van der Waals surface area contributed by atoms with E-state index in [2.05, 4.69) is 193 Å². The van der Waals surface area contributed by atoms with E-state index in [0.29, 0.717) is 0 Å². The summed E-state index contributed by atoms with van der Waals surface area (Å²) >= 11 is 0. The molecule has 1 spiro atoms. The number of ether oxygens (including phenoxy) is 1. The van der Waals surface area contributed by atoms with E-state index < -0.39 is 5.41 Å². The second-order valence-corrected chi connectivity index (χ2v) is 12.9. The van der Waals surface area contributed by atoms with E-state index in [4.69, 9.17) is 4.74 Å². The molecular formula is C47H31NO. The van der Waals surface area contributed by atoms with Crippen molar-refractivity contribution in [3.63, 3.8) is 0 Å². The predicted molar refractivity (Wildman–Crippen MR) is 201 cm³/mol. The van der Waals surface area contributed by atoms with Crippen molar-refractivity contribution in [1.82, 2.24) is 0 Å². The molecule has 230 valence electrons. The largest absolute Gasteiger partial charge is 0.456 e. The van der Waals surface area contributed by atoms with Crippen LogP contribution in [0.5, 0.6) is 11.5 Å². The molecule has 2 nitrogen and oxygen atoms in total. The molecule has 8 aromatic carbocycles. The lowest BCUT2D eigenvalue weighted by molar-refractivity contribution is 0.442. The van der Waals surface area contributed by atoms with Gasteiger partial charge in [0.05, 0.1) is 5.41 Å². The van der Waals surface area contributed by atoms with Gasteiger partial charge >= 0.3 is 0 Å². The van der Waals surface area contributed by atoms with E-state index in [0.717, 1.165) is 33.9 Å². The van der Waals surface area contributed by atoms with Gasteiger partial charge in [0.25, 0.3) is 0 Å². The molecule has 0 aromatic heterocycles. The Morgan fingerprint density at radius 2 is 0.980 bits per heavy atom. The molecule has 0 saturated carbocycles. The van der Waals surface area contributed by atoms with Gasteiger partial charge in [-0.3, -0.25) is 0 Å². The quantitative estimate of drug-likeness (QED) is 0.193. The average Bonchev–Trinajstić information content (AvgIpc) is 3.46. The molecule has 2 heteroatoms. The van der Waals surface area contributed by atoms with Gasteiger partial charge in [0.15, 0.2) is 0 Å². The number of hydrogen-bond donors (Lipinski definition) is 0. The topological polar surface area (TPSA) is 12.5 Å². The Labute approximate surface area is 286 Å². The third-order valence-electron chi connectivity index (χ3n) is 10.3. The van der Waals surface area contributed by atoms with Crippen LogP contribution in [-0.2, 0) is 5.41 Å². The minimum absolute atomic E-state index is 0.520. The summed E-state index contributed by atoms with van der Waals surface area (Å²) in [5.41, 5.74) is 12.7. The molecule has 0 radical (unpaired) electrons. The Bertz CT molecular complexity index is 2480. The molecule has 1 aliphatic carbocycles. The van der Waals surface area contributed by atoms with E-state index in [-0.39, 0.29) is 0 Å². The van der Waals surface area contributed by atoms with Crippen LogP contribution in [0.15, 0.2) is 188 Å². The Balaban J connectivity index is 1.17. The molecule has 1 unspecified atom stereocenters. The summed E-state index contributed by atoms with van der Waals surface area (Å²) in [6.45, 7) is 0. The average molecular weight is 626 g/mol. The fourth-order valence-electron chi connectivity index (χ4n) is 8.21. The molecule has 1 heterocycles. The summed E-state index contributed by atoms with van der Waals surface area (Å²) in [6, 6.07) is 67.7. The molecule has 1 atom stereocenters. The highest BCUT2D eigenvalue weighted by molar-refractivity contribution is 5.96. The van der Waals surface area contributed by atoms with Gasteiger partial charge in [-0.05, 0) is 87.3 Å². The fourth-order valence-corrected chi connectivity index (χ4v) is 8.21. The minimum atomic E-state index is -0.520. The van der Waals surface area contributed by atoms with Gasteiger partial charge < -0.3 is 9.64 Å². The molecule has 0 bridgehead atoms. The maximum absolute atomic E-state index is 6.83. The zero-order valence-corrected chi connectivity index (χ0v) is 26.8. The molecule has 8 aromatic rings. The summed E-state index contributed by atoms with van der Waals surface area (Å²) in [5.74, 6) is 1.85. The smallest absolute Gasteiger partial charge is 0.140 e. The maximum atomic E-state index is 6.83. The Morgan fingerprint density at radius 3 is 1.76 bits per heavy atom. The molecule has 49 heavy (non-hydrogen) atoms. The van der Waals surface area contributed by atoms with Gasteiger partial charge in [-0.2, -0.15) is 0 Å². The van der Waals surface area contributed by atoms with Crippen LogP contribution in [0.2, 0.25) is 0 Å². The fraction of sp³-hybridized carbons (Fsp3) is 0.0213. The van der Waals surface area contributed by atoms with E-state index in [1.807, 2.05) is 0 Å². The standard InChI is InChI=1S/C47H31NO/c1-3-14-35(15-4-1)48(36-16-5-2-6-17-36)37-27-23-32(24-28-37)34-25-29-40-39-19-9-10-20-41(39)47(44(40)31-34)42-21-11-12-22-45(42)49-46-38-18-8-7-13-33(38)26-30-43(46)47/h1-31H. The Morgan fingerprint density at radius 1 is 0.388 bits per heavy atom. The monoisotopic (exact) mass is 625 g/mol. The highest BCUT2D eigenvalue weighted by Crippen LogP contribution is 2.63. The Hall–Kier alpha value is -6.38. The number of benzene rings is 8. The number of nitrogens with zero attached hydrogens (tertiary/aromatic N) is 1. The van der Waals surface area contributed by atoms with Crippen LogP contribution < -0.4 is 9.64 Å². The van der Waals surface area contributed by atoms with Crippen molar-refractivity contribution >= 4 is 27.8 Å². The van der Waals surface area contributed by atoms with Crippen LogP contribution in [0.3, 0.4) is 0 Å². The number of fused-ring (bicyclic) bond motifs is 11. The Kier molecular flexibility index (Phi) is 6.13. The van der Waals surface area contributed by atoms with E-state index in [1.165, 1.54) is 49.9 Å². The van der Waals surface area contributed by atoms with Crippen LogP contribution in [0, 0.1) is 0 Å². The van der Waals surface area contributed by atoms with Crippen molar-refractivity contribution < 1.29 is 4.74 Å².